The summed E-state index contributed by atoms with van der Waals surface area (Å²) in [6.45, 7) is 1.51. The normalized spacial score (nSPS) is 17.3. The van der Waals surface area contributed by atoms with E-state index in [1.807, 2.05) is 27.2 Å². The van der Waals surface area contributed by atoms with Gasteiger partial charge in [-0.3, -0.25) is 9.79 Å². The van der Waals surface area contributed by atoms with Crippen molar-refractivity contribution in [2.75, 3.05) is 38.3 Å². The summed E-state index contributed by atoms with van der Waals surface area (Å²) in [5, 5.41) is 3.35. The van der Waals surface area contributed by atoms with E-state index in [0.717, 1.165) is 58.6 Å². The van der Waals surface area contributed by atoms with Crippen molar-refractivity contribution in [2.24, 2.45) is 12.0 Å². The van der Waals surface area contributed by atoms with Crippen LogP contribution < -0.4 is 9.70 Å². The van der Waals surface area contributed by atoms with Gasteiger partial charge in [-0.15, -0.1) is 0 Å². The molecule has 0 radical (unpaired) electrons. The molecule has 0 aliphatic carbocycles. The van der Waals surface area contributed by atoms with E-state index in [2.05, 4.69) is 19.4 Å². The van der Waals surface area contributed by atoms with E-state index in [1.165, 1.54) is 0 Å². The molecule has 36 heavy (non-hydrogen) atoms. The zero-order valence-electron chi connectivity index (χ0n) is 21.2. The molecule has 3 aromatic rings. The van der Waals surface area contributed by atoms with Crippen LogP contribution in [0.4, 0.5) is 5.00 Å². The maximum atomic E-state index is 13.4. The summed E-state index contributed by atoms with van der Waals surface area (Å²) in [5.74, 6) is -0.221. The van der Waals surface area contributed by atoms with Gasteiger partial charge in [0.2, 0.25) is 0 Å². The Hall–Kier alpha value is -2.20. The Kier molecular flexibility index (Phi) is 8.24. The van der Waals surface area contributed by atoms with Gasteiger partial charge in [-0.1, -0.05) is 35.1 Å². The molecule has 0 N–H and O–H groups in total. The summed E-state index contributed by atoms with van der Waals surface area (Å²) < 4.78 is 28.4. The van der Waals surface area contributed by atoms with Gasteiger partial charge in [-0.05, 0) is 68.4 Å². The summed E-state index contributed by atoms with van der Waals surface area (Å²) in [7, 11) is 4.23. The third-order valence-corrected chi connectivity index (χ3v) is 9.92. The van der Waals surface area contributed by atoms with Crippen LogP contribution in [-0.2, 0) is 28.2 Å². The van der Waals surface area contributed by atoms with Crippen LogP contribution in [0.2, 0.25) is 5.02 Å². The van der Waals surface area contributed by atoms with Crippen molar-refractivity contribution < 1.29 is 13.2 Å². The highest BCUT2D eigenvalue weighted by molar-refractivity contribution is 7.91. The summed E-state index contributed by atoms with van der Waals surface area (Å²) in [4.78, 5) is 23.3. The second-order valence-corrected chi connectivity index (χ2v) is 13.1. The quantitative estimate of drug-likeness (QED) is 0.420. The molecule has 0 spiro atoms. The van der Waals surface area contributed by atoms with E-state index in [0.29, 0.717) is 5.02 Å². The Morgan fingerprint density at radius 2 is 1.89 bits per heavy atom. The molecule has 10 heteroatoms. The first-order valence-corrected chi connectivity index (χ1v) is 14.9. The van der Waals surface area contributed by atoms with Crippen LogP contribution in [0, 0.1) is 0 Å². The third-order valence-electron chi connectivity index (χ3n) is 6.67. The SMILES string of the molecule is CN=c1sc(N2CCCCC2C(=O)CCS(=O)(=O)c2ccc3cc(Cl)ccc3c2)c(CN(C)C)n1C. The van der Waals surface area contributed by atoms with Crippen molar-refractivity contribution >= 4 is 54.3 Å². The van der Waals surface area contributed by atoms with Crippen LogP contribution in [0.1, 0.15) is 31.4 Å². The Bertz CT molecular complexity index is 1440. The predicted molar refractivity (Wildman–Crippen MR) is 148 cm³/mol. The van der Waals surface area contributed by atoms with Crippen LogP contribution in [0.25, 0.3) is 10.8 Å². The van der Waals surface area contributed by atoms with Crippen molar-refractivity contribution in [2.45, 2.75) is 43.2 Å². The van der Waals surface area contributed by atoms with Gasteiger partial charge < -0.3 is 14.4 Å². The fourth-order valence-corrected chi connectivity index (χ4v) is 7.42. The van der Waals surface area contributed by atoms with Gasteiger partial charge in [0.15, 0.2) is 20.4 Å². The van der Waals surface area contributed by atoms with Crippen LogP contribution >= 0.6 is 22.9 Å². The molecule has 7 nitrogen and oxygen atoms in total. The highest BCUT2D eigenvalue weighted by Crippen LogP contribution is 2.32. The van der Waals surface area contributed by atoms with Gasteiger partial charge in [0.25, 0.3) is 0 Å². The Morgan fingerprint density at radius 1 is 1.17 bits per heavy atom. The number of hydrogen-bond donors (Lipinski definition) is 0. The van der Waals surface area contributed by atoms with Gasteiger partial charge >= 0.3 is 0 Å². The van der Waals surface area contributed by atoms with Crippen LogP contribution in [0.3, 0.4) is 0 Å². The van der Waals surface area contributed by atoms with Crippen LogP contribution in [-0.4, -0.2) is 63.2 Å². The molecule has 1 fully saturated rings. The van der Waals surface area contributed by atoms with Gasteiger partial charge in [-0.25, -0.2) is 8.42 Å². The number of halogens is 1. The number of rotatable bonds is 8. The topological polar surface area (TPSA) is 75.0 Å². The minimum absolute atomic E-state index is 0.00627. The van der Waals surface area contributed by atoms with E-state index in [9.17, 15) is 13.2 Å². The molecular weight excluding hydrogens is 516 g/mol. The molecule has 0 amide bonds. The summed E-state index contributed by atoms with van der Waals surface area (Å²) in [6, 6.07) is 10.1. The molecule has 0 bridgehead atoms. The lowest BCUT2D eigenvalue weighted by atomic mass is 9.97. The van der Waals surface area contributed by atoms with Crippen molar-refractivity contribution in [3.63, 3.8) is 0 Å². The zero-order valence-corrected chi connectivity index (χ0v) is 23.6. The molecule has 2 heterocycles. The lowest BCUT2D eigenvalue weighted by Crippen LogP contribution is -2.45. The summed E-state index contributed by atoms with van der Waals surface area (Å²) in [5.41, 5.74) is 1.12. The molecule has 4 rings (SSSR count). The number of aromatic nitrogens is 1. The predicted octanol–water partition coefficient (Wildman–Crippen LogP) is 4.28. The molecular formula is C26H33ClN4O3S2. The summed E-state index contributed by atoms with van der Waals surface area (Å²) in [6.07, 6.45) is 2.69. The Morgan fingerprint density at radius 3 is 2.61 bits per heavy atom. The number of hydrogen-bond acceptors (Lipinski definition) is 7. The summed E-state index contributed by atoms with van der Waals surface area (Å²) >= 11 is 7.64. The fourth-order valence-electron chi connectivity index (χ4n) is 4.78. The van der Waals surface area contributed by atoms with Crippen molar-refractivity contribution in [3.05, 3.63) is 51.9 Å². The highest BCUT2D eigenvalue weighted by Gasteiger charge is 2.32. The number of benzene rings is 2. The fraction of sp³-hybridized carbons (Fsp3) is 0.462. The standard InChI is InChI=1S/C26H33ClN4O3S2/c1-28-26-30(4)23(17-29(2)3)25(35-26)31-13-6-5-7-22(31)24(32)12-14-36(33,34)21-11-9-18-15-20(27)10-8-19(18)16-21/h8-11,15-16,22H,5-7,12-14,17H2,1-4H3. The molecule has 1 aliphatic heterocycles. The van der Waals surface area contributed by atoms with Gasteiger partial charge in [-0.2, -0.15) is 0 Å². The van der Waals surface area contributed by atoms with Crippen molar-refractivity contribution in [3.8, 4) is 0 Å². The number of ketones is 1. The molecule has 1 atom stereocenters. The van der Waals surface area contributed by atoms with Crippen LogP contribution in [0.5, 0.6) is 0 Å². The smallest absolute Gasteiger partial charge is 0.186 e. The van der Waals surface area contributed by atoms with E-state index in [4.69, 9.17) is 11.6 Å². The first-order chi connectivity index (χ1) is 17.1. The second-order valence-electron chi connectivity index (χ2n) is 9.55. The van der Waals surface area contributed by atoms with E-state index in [-0.39, 0.29) is 28.9 Å². The molecule has 194 valence electrons. The first-order valence-electron chi connectivity index (χ1n) is 12.1. The molecule has 1 aromatic heterocycles. The number of thiazole rings is 1. The van der Waals surface area contributed by atoms with Crippen molar-refractivity contribution in [1.29, 1.82) is 0 Å². The maximum absolute atomic E-state index is 13.4. The van der Waals surface area contributed by atoms with E-state index >= 15 is 0 Å². The second kappa shape index (κ2) is 11.0. The number of nitrogens with zero attached hydrogens (tertiary/aromatic N) is 4. The molecule has 1 unspecified atom stereocenters. The molecule has 1 aliphatic rings. The Balaban J connectivity index is 1.55. The largest absolute Gasteiger partial charge is 0.352 e. The zero-order chi connectivity index (χ0) is 26.0. The van der Waals surface area contributed by atoms with Gasteiger partial charge in [0.05, 0.1) is 22.4 Å². The monoisotopic (exact) mass is 548 g/mol. The third kappa shape index (κ3) is 5.69. The number of sulfone groups is 1. The molecule has 1 saturated heterocycles. The average molecular weight is 549 g/mol. The van der Waals surface area contributed by atoms with Crippen molar-refractivity contribution in [1.82, 2.24) is 9.47 Å². The molecule has 0 saturated carbocycles. The minimum Gasteiger partial charge on any atom is -0.352 e. The number of carbonyl (C=O) groups is 1. The van der Waals surface area contributed by atoms with Gasteiger partial charge in [0.1, 0.15) is 5.00 Å². The minimum atomic E-state index is -3.60. The lowest BCUT2D eigenvalue weighted by molar-refractivity contribution is -0.120. The number of fused-ring (bicyclic) bond motifs is 1. The number of Topliss-reactive ketones (excluding diaryl/α,β-unsaturated/α-hetero) is 1. The van der Waals surface area contributed by atoms with E-state index < -0.39 is 9.84 Å². The number of piperidine rings is 1. The van der Waals surface area contributed by atoms with Crippen LogP contribution in [0.15, 0.2) is 46.3 Å². The Labute approximate surface area is 221 Å². The van der Waals surface area contributed by atoms with E-state index in [1.54, 1.807) is 48.7 Å². The van der Waals surface area contributed by atoms with Gasteiger partial charge in [0, 0.05) is 38.6 Å². The number of carbonyl (C=O) groups excluding carboxylic acids is 1. The number of anilines is 1. The maximum Gasteiger partial charge on any atom is 0.186 e. The highest BCUT2D eigenvalue weighted by atomic mass is 35.5. The average Bonchev–Trinajstić information content (AvgIpc) is 3.16. The molecule has 2 aromatic carbocycles. The first kappa shape index (κ1) is 26.9. The lowest BCUT2D eigenvalue weighted by Gasteiger charge is -2.36.